The predicted octanol–water partition coefficient (Wildman–Crippen LogP) is 1.44. The lowest BCUT2D eigenvalue weighted by molar-refractivity contribution is 0.102. The number of nitrogens with zero attached hydrogens (tertiary/aromatic N) is 4. The van der Waals surface area contributed by atoms with Crippen molar-refractivity contribution in [3.8, 4) is 0 Å². The van der Waals surface area contributed by atoms with Gasteiger partial charge in [0, 0.05) is 58.7 Å². The lowest BCUT2D eigenvalue weighted by Crippen LogP contribution is -2.51. The van der Waals surface area contributed by atoms with Gasteiger partial charge in [0.05, 0.1) is 0 Å². The Kier molecular flexibility index (Phi) is 4.37. The van der Waals surface area contributed by atoms with Crippen molar-refractivity contribution < 1.29 is 4.79 Å². The third kappa shape index (κ3) is 3.23. The minimum absolute atomic E-state index is 0.108. The second kappa shape index (κ2) is 6.02. The van der Waals surface area contributed by atoms with Gasteiger partial charge in [-0.05, 0) is 24.6 Å². The van der Waals surface area contributed by atoms with Crippen LogP contribution in [0.5, 0.6) is 0 Å². The molecule has 2 amide bonds. The van der Waals surface area contributed by atoms with E-state index in [-0.39, 0.29) is 6.03 Å². The fourth-order valence-corrected chi connectivity index (χ4v) is 2.44. The summed E-state index contributed by atoms with van der Waals surface area (Å²) in [5.41, 5.74) is 1.28. The van der Waals surface area contributed by atoms with Gasteiger partial charge in [-0.25, -0.2) is 4.79 Å². The minimum Gasteiger partial charge on any atom is -0.331 e. The molecule has 1 aliphatic rings. The Balaban J connectivity index is 1.91. The lowest BCUT2D eigenvalue weighted by atomic mass is 10.1. The number of hydrogen-bond donors (Lipinski definition) is 0. The highest BCUT2D eigenvalue weighted by Gasteiger charge is 2.25. The van der Waals surface area contributed by atoms with Gasteiger partial charge in [0.15, 0.2) is 0 Å². The van der Waals surface area contributed by atoms with Crippen LogP contribution < -0.4 is 0 Å². The molecular formula is C14H22N4O. The molecule has 2 heterocycles. The molecule has 1 fully saturated rings. The van der Waals surface area contributed by atoms with Crippen molar-refractivity contribution in [2.24, 2.45) is 0 Å². The monoisotopic (exact) mass is 262 g/mol. The number of pyridine rings is 1. The number of amides is 2. The molecule has 1 aliphatic heterocycles. The first-order valence-corrected chi connectivity index (χ1v) is 6.70. The minimum atomic E-state index is 0.108. The van der Waals surface area contributed by atoms with E-state index in [1.165, 1.54) is 5.56 Å². The second-order valence-electron chi connectivity index (χ2n) is 5.16. The number of hydrogen-bond acceptors (Lipinski definition) is 3. The highest BCUT2D eigenvalue weighted by Crippen LogP contribution is 2.20. The molecule has 0 aliphatic carbocycles. The van der Waals surface area contributed by atoms with Gasteiger partial charge in [-0.2, -0.15) is 0 Å². The Bertz CT molecular complexity index is 413. The number of urea groups is 1. The van der Waals surface area contributed by atoms with Crippen molar-refractivity contribution in [3.63, 3.8) is 0 Å². The topological polar surface area (TPSA) is 39.7 Å². The number of piperazine rings is 1. The first kappa shape index (κ1) is 13.8. The van der Waals surface area contributed by atoms with Crippen molar-refractivity contribution in [2.75, 3.05) is 40.3 Å². The van der Waals surface area contributed by atoms with Gasteiger partial charge in [0.25, 0.3) is 0 Å². The summed E-state index contributed by atoms with van der Waals surface area (Å²) >= 11 is 0. The van der Waals surface area contributed by atoms with Gasteiger partial charge in [-0.3, -0.25) is 9.88 Å². The summed E-state index contributed by atoms with van der Waals surface area (Å²) in [7, 11) is 3.60. The van der Waals surface area contributed by atoms with Crippen LogP contribution in [0, 0.1) is 0 Å². The van der Waals surface area contributed by atoms with E-state index in [0.29, 0.717) is 6.04 Å². The summed E-state index contributed by atoms with van der Waals surface area (Å²) in [6, 6.07) is 4.60. The van der Waals surface area contributed by atoms with Gasteiger partial charge in [0.1, 0.15) is 0 Å². The van der Waals surface area contributed by atoms with Crippen molar-refractivity contribution in [3.05, 3.63) is 30.1 Å². The highest BCUT2D eigenvalue weighted by atomic mass is 16.2. The summed E-state index contributed by atoms with van der Waals surface area (Å²) in [5.74, 6) is 0. The van der Waals surface area contributed by atoms with Gasteiger partial charge < -0.3 is 9.80 Å². The zero-order valence-corrected chi connectivity index (χ0v) is 11.9. The molecule has 5 nitrogen and oxygen atoms in total. The normalized spacial score (nSPS) is 18.2. The number of carbonyl (C=O) groups excluding carboxylic acids is 1. The van der Waals surface area contributed by atoms with Crippen molar-refractivity contribution in [1.82, 2.24) is 19.7 Å². The van der Waals surface area contributed by atoms with Crippen LogP contribution in [0.3, 0.4) is 0 Å². The summed E-state index contributed by atoms with van der Waals surface area (Å²) in [4.78, 5) is 21.9. The van der Waals surface area contributed by atoms with Gasteiger partial charge in [-0.1, -0.05) is 0 Å². The lowest BCUT2D eigenvalue weighted by Gasteiger charge is -2.39. The molecule has 5 heteroatoms. The molecule has 1 saturated heterocycles. The summed E-state index contributed by atoms with van der Waals surface area (Å²) in [5, 5.41) is 0. The molecule has 0 spiro atoms. The summed E-state index contributed by atoms with van der Waals surface area (Å²) in [6.07, 6.45) is 3.66. The maximum Gasteiger partial charge on any atom is 0.319 e. The van der Waals surface area contributed by atoms with Crippen LogP contribution in [-0.2, 0) is 0 Å². The molecule has 1 unspecified atom stereocenters. The van der Waals surface area contributed by atoms with Gasteiger partial charge in [-0.15, -0.1) is 0 Å². The Morgan fingerprint density at radius 3 is 2.32 bits per heavy atom. The number of carbonyl (C=O) groups is 1. The quantitative estimate of drug-likeness (QED) is 0.809. The van der Waals surface area contributed by atoms with E-state index in [1.807, 2.05) is 17.3 Å². The van der Waals surface area contributed by atoms with E-state index < -0.39 is 0 Å². The smallest absolute Gasteiger partial charge is 0.319 e. The van der Waals surface area contributed by atoms with E-state index in [1.54, 1.807) is 19.0 Å². The van der Waals surface area contributed by atoms with Crippen LogP contribution >= 0.6 is 0 Å². The average Bonchev–Trinajstić information content (AvgIpc) is 2.46. The largest absolute Gasteiger partial charge is 0.331 e. The Labute approximate surface area is 114 Å². The standard InChI is InChI=1S/C14H22N4O/c1-12(13-4-6-15-7-5-13)17-8-10-18(11-9-17)14(19)16(2)3/h4-7,12H,8-11H2,1-3H3. The molecule has 1 aromatic rings. The van der Waals surface area contributed by atoms with Crippen LogP contribution in [0.4, 0.5) is 4.79 Å². The molecule has 1 aromatic heterocycles. The SMILES string of the molecule is CC(c1ccncc1)N1CCN(C(=O)N(C)C)CC1. The summed E-state index contributed by atoms with van der Waals surface area (Å²) < 4.78 is 0. The third-order valence-corrected chi connectivity index (χ3v) is 3.70. The highest BCUT2D eigenvalue weighted by molar-refractivity contribution is 5.73. The Morgan fingerprint density at radius 2 is 1.79 bits per heavy atom. The number of rotatable bonds is 2. The maximum atomic E-state index is 11.9. The van der Waals surface area contributed by atoms with Crippen molar-refractivity contribution in [1.29, 1.82) is 0 Å². The first-order chi connectivity index (χ1) is 9.09. The fraction of sp³-hybridized carbons (Fsp3) is 0.571. The molecule has 2 rings (SSSR count). The molecule has 0 N–H and O–H groups in total. The van der Waals surface area contributed by atoms with Crippen LogP contribution in [0.1, 0.15) is 18.5 Å². The van der Waals surface area contributed by atoms with Crippen LogP contribution in [0.15, 0.2) is 24.5 Å². The first-order valence-electron chi connectivity index (χ1n) is 6.70. The molecule has 19 heavy (non-hydrogen) atoms. The zero-order valence-electron chi connectivity index (χ0n) is 11.9. The fourth-order valence-electron chi connectivity index (χ4n) is 2.44. The van der Waals surface area contributed by atoms with Crippen LogP contribution in [-0.4, -0.2) is 66.0 Å². The molecular weight excluding hydrogens is 240 g/mol. The predicted molar refractivity (Wildman–Crippen MR) is 74.9 cm³/mol. The maximum absolute atomic E-state index is 11.9. The summed E-state index contributed by atoms with van der Waals surface area (Å²) in [6.45, 7) is 5.64. The third-order valence-electron chi connectivity index (χ3n) is 3.70. The van der Waals surface area contributed by atoms with E-state index in [2.05, 4.69) is 28.9 Å². The van der Waals surface area contributed by atoms with E-state index in [4.69, 9.17) is 0 Å². The molecule has 0 bridgehead atoms. The van der Waals surface area contributed by atoms with Gasteiger partial charge >= 0.3 is 6.03 Å². The zero-order chi connectivity index (χ0) is 13.8. The van der Waals surface area contributed by atoms with Crippen molar-refractivity contribution >= 4 is 6.03 Å². The molecule has 0 aromatic carbocycles. The van der Waals surface area contributed by atoms with Crippen LogP contribution in [0.25, 0.3) is 0 Å². The molecule has 0 radical (unpaired) electrons. The van der Waals surface area contributed by atoms with Gasteiger partial charge in [0.2, 0.25) is 0 Å². The van der Waals surface area contributed by atoms with E-state index in [9.17, 15) is 4.79 Å². The second-order valence-corrected chi connectivity index (χ2v) is 5.16. The van der Waals surface area contributed by atoms with Crippen molar-refractivity contribution in [2.45, 2.75) is 13.0 Å². The molecule has 0 saturated carbocycles. The Hall–Kier alpha value is -1.62. The molecule has 104 valence electrons. The van der Waals surface area contributed by atoms with E-state index >= 15 is 0 Å². The molecule has 1 atom stereocenters. The average molecular weight is 262 g/mol. The van der Waals surface area contributed by atoms with Crippen LogP contribution in [0.2, 0.25) is 0 Å². The van der Waals surface area contributed by atoms with E-state index in [0.717, 1.165) is 26.2 Å². The Morgan fingerprint density at radius 1 is 1.21 bits per heavy atom. The number of aromatic nitrogens is 1.